The highest BCUT2D eigenvalue weighted by molar-refractivity contribution is 9.10. The van der Waals surface area contributed by atoms with Crippen molar-refractivity contribution in [2.24, 2.45) is 7.05 Å². The third kappa shape index (κ3) is 3.36. The quantitative estimate of drug-likeness (QED) is 0.747. The molecule has 0 atom stereocenters. The second-order valence-electron chi connectivity index (χ2n) is 3.93. The summed E-state index contributed by atoms with van der Waals surface area (Å²) in [6, 6.07) is 8.06. The molecule has 0 amide bonds. The van der Waals surface area contributed by atoms with Crippen LogP contribution in [0.5, 0.6) is 5.75 Å². The highest BCUT2D eigenvalue weighted by atomic mass is 79.9. The Hall–Kier alpha value is -0.810. The molecule has 1 aromatic heterocycles. The number of nitrogens with zero attached hydrogens (tertiary/aromatic N) is 2. The smallest absolute Gasteiger partial charge is 0.123 e. The number of rotatable bonds is 5. The van der Waals surface area contributed by atoms with Gasteiger partial charge in [0.1, 0.15) is 5.75 Å². The maximum atomic E-state index is 5.82. The minimum Gasteiger partial charge on any atom is -0.493 e. The summed E-state index contributed by atoms with van der Waals surface area (Å²) in [5.74, 6) is 0.928. The summed E-state index contributed by atoms with van der Waals surface area (Å²) in [6.07, 6.45) is 2.66. The molecule has 0 aliphatic carbocycles. The van der Waals surface area contributed by atoms with Gasteiger partial charge in [-0.15, -0.1) is 0 Å². The predicted molar refractivity (Wildman–Crippen MR) is 79.2 cm³/mol. The first-order valence-corrected chi connectivity index (χ1v) is 7.56. The Kier molecular flexibility index (Phi) is 4.83. The number of aryl methyl sites for hydroxylation is 1. The lowest BCUT2D eigenvalue weighted by atomic mass is 10.2. The SMILES string of the molecule is Cn1nccc1CCOc1ccc(Br)cc1CBr. The van der Waals surface area contributed by atoms with Gasteiger partial charge in [-0.05, 0) is 24.3 Å². The van der Waals surface area contributed by atoms with Gasteiger partial charge < -0.3 is 4.74 Å². The average Bonchev–Trinajstić information content (AvgIpc) is 2.77. The van der Waals surface area contributed by atoms with E-state index >= 15 is 0 Å². The van der Waals surface area contributed by atoms with Crippen LogP contribution in [-0.4, -0.2) is 16.4 Å². The minimum absolute atomic E-state index is 0.654. The largest absolute Gasteiger partial charge is 0.493 e. The first-order chi connectivity index (χ1) is 8.70. The molecule has 96 valence electrons. The van der Waals surface area contributed by atoms with Crippen molar-refractivity contribution < 1.29 is 4.74 Å². The maximum absolute atomic E-state index is 5.82. The van der Waals surface area contributed by atoms with E-state index in [2.05, 4.69) is 43.0 Å². The molecule has 0 N–H and O–H groups in total. The van der Waals surface area contributed by atoms with Gasteiger partial charge >= 0.3 is 0 Å². The van der Waals surface area contributed by atoms with Gasteiger partial charge in [-0.2, -0.15) is 5.10 Å². The Labute approximate surface area is 123 Å². The number of alkyl halides is 1. The zero-order valence-corrected chi connectivity index (χ0v) is 13.2. The topological polar surface area (TPSA) is 27.1 Å². The van der Waals surface area contributed by atoms with E-state index in [0.29, 0.717) is 6.61 Å². The maximum Gasteiger partial charge on any atom is 0.123 e. The van der Waals surface area contributed by atoms with Crippen LogP contribution in [0.25, 0.3) is 0 Å². The number of aromatic nitrogens is 2. The molecule has 0 unspecified atom stereocenters. The number of hydrogen-bond acceptors (Lipinski definition) is 2. The van der Waals surface area contributed by atoms with E-state index in [1.54, 1.807) is 6.20 Å². The van der Waals surface area contributed by atoms with E-state index in [-0.39, 0.29) is 0 Å². The molecule has 0 aliphatic rings. The Morgan fingerprint density at radius 3 is 2.83 bits per heavy atom. The number of ether oxygens (including phenoxy) is 1. The summed E-state index contributed by atoms with van der Waals surface area (Å²) in [4.78, 5) is 0. The molecular weight excluding hydrogens is 360 g/mol. The van der Waals surface area contributed by atoms with Crippen molar-refractivity contribution in [3.8, 4) is 5.75 Å². The van der Waals surface area contributed by atoms with Gasteiger partial charge in [0.15, 0.2) is 0 Å². The first-order valence-electron chi connectivity index (χ1n) is 5.65. The summed E-state index contributed by atoms with van der Waals surface area (Å²) in [7, 11) is 1.94. The van der Waals surface area contributed by atoms with Crippen LogP contribution in [0.1, 0.15) is 11.3 Å². The van der Waals surface area contributed by atoms with Gasteiger partial charge in [-0.1, -0.05) is 31.9 Å². The molecule has 0 saturated carbocycles. The summed E-state index contributed by atoms with van der Waals surface area (Å²) in [6.45, 7) is 0.654. The zero-order valence-electron chi connectivity index (χ0n) is 10.1. The molecule has 0 spiro atoms. The van der Waals surface area contributed by atoms with Crippen molar-refractivity contribution >= 4 is 31.9 Å². The summed E-state index contributed by atoms with van der Waals surface area (Å²) in [5, 5.41) is 4.92. The highest BCUT2D eigenvalue weighted by Crippen LogP contribution is 2.25. The van der Waals surface area contributed by atoms with E-state index in [9.17, 15) is 0 Å². The van der Waals surface area contributed by atoms with Gasteiger partial charge in [0.05, 0.1) is 6.61 Å². The Balaban J connectivity index is 1.96. The molecule has 0 aliphatic heterocycles. The predicted octanol–water partition coefficient (Wildman–Crippen LogP) is 3.70. The molecule has 2 rings (SSSR count). The Morgan fingerprint density at radius 1 is 1.33 bits per heavy atom. The van der Waals surface area contributed by atoms with Crippen LogP contribution >= 0.6 is 31.9 Å². The summed E-state index contributed by atoms with van der Waals surface area (Å²) < 4.78 is 8.76. The van der Waals surface area contributed by atoms with E-state index in [0.717, 1.165) is 27.5 Å². The standard InChI is InChI=1S/C13H14Br2N2O/c1-17-12(4-6-16-17)5-7-18-13-3-2-11(15)8-10(13)9-14/h2-4,6,8H,5,7,9H2,1H3. The average molecular weight is 374 g/mol. The van der Waals surface area contributed by atoms with Crippen LogP contribution in [0.2, 0.25) is 0 Å². The number of hydrogen-bond donors (Lipinski definition) is 0. The van der Waals surface area contributed by atoms with Crippen molar-refractivity contribution in [3.63, 3.8) is 0 Å². The van der Waals surface area contributed by atoms with Crippen LogP contribution in [0.15, 0.2) is 34.9 Å². The fourth-order valence-electron chi connectivity index (χ4n) is 1.71. The van der Waals surface area contributed by atoms with Crippen molar-refractivity contribution in [2.75, 3.05) is 6.61 Å². The Morgan fingerprint density at radius 2 is 2.17 bits per heavy atom. The molecule has 3 nitrogen and oxygen atoms in total. The first kappa shape index (κ1) is 13.6. The van der Waals surface area contributed by atoms with Crippen molar-refractivity contribution in [3.05, 3.63) is 46.2 Å². The normalized spacial score (nSPS) is 10.6. The van der Waals surface area contributed by atoms with Crippen LogP contribution < -0.4 is 4.74 Å². The van der Waals surface area contributed by atoms with Crippen molar-refractivity contribution in [2.45, 2.75) is 11.8 Å². The van der Waals surface area contributed by atoms with E-state index < -0.39 is 0 Å². The monoisotopic (exact) mass is 372 g/mol. The third-order valence-electron chi connectivity index (χ3n) is 2.70. The van der Waals surface area contributed by atoms with Gasteiger partial charge in [0.25, 0.3) is 0 Å². The second kappa shape index (κ2) is 6.38. The molecule has 18 heavy (non-hydrogen) atoms. The molecule has 0 fully saturated rings. The number of benzene rings is 1. The lowest BCUT2D eigenvalue weighted by molar-refractivity contribution is 0.316. The lowest BCUT2D eigenvalue weighted by Gasteiger charge is -2.10. The van der Waals surface area contributed by atoms with E-state index in [4.69, 9.17) is 4.74 Å². The van der Waals surface area contributed by atoms with Crippen molar-refractivity contribution in [1.29, 1.82) is 0 Å². The van der Waals surface area contributed by atoms with Crippen LogP contribution in [-0.2, 0) is 18.8 Å². The minimum atomic E-state index is 0.654. The zero-order chi connectivity index (χ0) is 13.0. The lowest BCUT2D eigenvalue weighted by Crippen LogP contribution is -2.06. The van der Waals surface area contributed by atoms with Crippen LogP contribution in [0.3, 0.4) is 0 Å². The second-order valence-corrected chi connectivity index (χ2v) is 5.41. The molecule has 0 bridgehead atoms. The van der Waals surface area contributed by atoms with Gasteiger partial charge in [-0.25, -0.2) is 0 Å². The molecule has 5 heteroatoms. The van der Waals surface area contributed by atoms with Gasteiger partial charge in [-0.3, -0.25) is 4.68 Å². The molecule has 1 aromatic carbocycles. The molecule has 1 heterocycles. The van der Waals surface area contributed by atoms with E-state index in [1.807, 2.05) is 29.9 Å². The summed E-state index contributed by atoms with van der Waals surface area (Å²) in [5.41, 5.74) is 2.32. The van der Waals surface area contributed by atoms with Crippen LogP contribution in [0.4, 0.5) is 0 Å². The van der Waals surface area contributed by atoms with E-state index in [1.165, 1.54) is 5.69 Å². The highest BCUT2D eigenvalue weighted by Gasteiger charge is 2.04. The van der Waals surface area contributed by atoms with Gasteiger partial charge in [0, 0.05) is 40.7 Å². The summed E-state index contributed by atoms with van der Waals surface area (Å²) >= 11 is 6.93. The molecule has 2 aromatic rings. The fraction of sp³-hybridized carbons (Fsp3) is 0.308. The third-order valence-corrected chi connectivity index (χ3v) is 3.80. The van der Waals surface area contributed by atoms with Crippen molar-refractivity contribution in [1.82, 2.24) is 9.78 Å². The molecular formula is C13H14Br2N2O. The number of halogens is 2. The molecule has 0 saturated heterocycles. The fourth-order valence-corrected chi connectivity index (χ4v) is 2.55. The van der Waals surface area contributed by atoms with Crippen LogP contribution in [0, 0.1) is 0 Å². The van der Waals surface area contributed by atoms with Gasteiger partial charge in [0.2, 0.25) is 0 Å². The molecule has 0 radical (unpaired) electrons. The Bertz CT molecular complexity index is 525.